The van der Waals surface area contributed by atoms with Gasteiger partial charge in [-0.25, -0.2) is 14.8 Å². The normalized spacial score (nSPS) is 10.6. The van der Waals surface area contributed by atoms with Crippen LogP contribution in [0.1, 0.15) is 0 Å². The van der Waals surface area contributed by atoms with Gasteiger partial charge >= 0.3 is 5.69 Å². The van der Waals surface area contributed by atoms with Crippen molar-refractivity contribution in [3.8, 4) is 5.69 Å². The van der Waals surface area contributed by atoms with Gasteiger partial charge in [-0.3, -0.25) is 9.78 Å². The van der Waals surface area contributed by atoms with Crippen LogP contribution < -0.4 is 16.6 Å². The smallest absolute Gasteiger partial charge is 0.322 e. The summed E-state index contributed by atoms with van der Waals surface area (Å²) in [7, 11) is 0. The molecule has 0 amide bonds. The number of aromatic nitrogens is 5. The van der Waals surface area contributed by atoms with Crippen molar-refractivity contribution >= 4 is 46.4 Å². The first kappa shape index (κ1) is 16.4. The first-order valence-electron chi connectivity index (χ1n) is 6.36. The summed E-state index contributed by atoms with van der Waals surface area (Å²) in [5, 5.41) is 7.39. The number of benzene rings is 1. The van der Waals surface area contributed by atoms with E-state index in [0.29, 0.717) is 10.7 Å². The van der Waals surface area contributed by atoms with Crippen LogP contribution in [0, 0.1) is 0 Å². The zero-order valence-corrected chi connectivity index (χ0v) is 13.9. The Morgan fingerprint density at radius 2 is 1.62 bits per heavy atom. The van der Waals surface area contributed by atoms with Crippen LogP contribution in [-0.4, -0.2) is 24.7 Å². The molecule has 8 nitrogen and oxygen atoms in total. The molecule has 3 aromatic rings. The number of anilines is 2. The number of hydrogen-bond acceptors (Lipinski definition) is 6. The Morgan fingerprint density at radius 3 is 2.21 bits per heavy atom. The predicted octanol–water partition coefficient (Wildman–Crippen LogP) is 2.41. The van der Waals surface area contributed by atoms with Gasteiger partial charge in [0.2, 0.25) is 5.95 Å². The van der Waals surface area contributed by atoms with Gasteiger partial charge in [0.1, 0.15) is 6.20 Å². The third-order valence-corrected chi connectivity index (χ3v) is 3.63. The summed E-state index contributed by atoms with van der Waals surface area (Å²) in [5.41, 5.74) is -0.682. The maximum Gasteiger partial charge on any atom is 0.349 e. The Bertz CT molecular complexity index is 992. The summed E-state index contributed by atoms with van der Waals surface area (Å²) >= 11 is 18.1. The van der Waals surface area contributed by atoms with Crippen molar-refractivity contribution in [3.05, 3.63) is 66.6 Å². The summed E-state index contributed by atoms with van der Waals surface area (Å²) in [6.45, 7) is 0. The van der Waals surface area contributed by atoms with Crippen LogP contribution in [0.2, 0.25) is 15.1 Å². The van der Waals surface area contributed by atoms with E-state index in [9.17, 15) is 9.59 Å². The van der Waals surface area contributed by atoms with Crippen molar-refractivity contribution in [1.29, 1.82) is 0 Å². The third-order valence-electron chi connectivity index (χ3n) is 2.84. The first-order chi connectivity index (χ1) is 11.4. The van der Waals surface area contributed by atoms with Gasteiger partial charge in [-0.2, -0.15) is 9.78 Å². The summed E-state index contributed by atoms with van der Waals surface area (Å²) in [6.07, 6.45) is 3.80. The first-order valence-corrected chi connectivity index (χ1v) is 7.50. The number of nitrogens with one attached hydrogen (secondary N) is 2. The lowest BCUT2D eigenvalue weighted by molar-refractivity contribution is 0.750. The highest BCUT2D eigenvalue weighted by Gasteiger charge is 2.12. The van der Waals surface area contributed by atoms with Crippen molar-refractivity contribution in [2.24, 2.45) is 0 Å². The molecule has 0 saturated heterocycles. The van der Waals surface area contributed by atoms with E-state index in [4.69, 9.17) is 34.8 Å². The molecule has 0 aliphatic heterocycles. The molecule has 0 spiro atoms. The van der Waals surface area contributed by atoms with Crippen LogP contribution in [0.15, 0.2) is 40.3 Å². The second-order valence-corrected chi connectivity index (χ2v) is 5.74. The molecule has 2 N–H and O–H groups in total. The van der Waals surface area contributed by atoms with E-state index >= 15 is 0 Å². The molecule has 0 saturated carbocycles. The Balaban J connectivity index is 2.01. The SMILES string of the molecule is O=c1cnn(-c2cc(Cl)c(Nc3ncc(Cl)cn3)c(Cl)c2)c(=O)[nH]1. The predicted molar refractivity (Wildman–Crippen MR) is 90.8 cm³/mol. The standard InChI is InChI=1S/C13H7Cl3N6O2/c14-6-3-17-12(18-4-6)21-11-8(15)1-7(2-9(11)16)22-13(24)20-10(23)5-19-22/h1-5H,(H,17,18,21)(H,20,23,24). The van der Waals surface area contributed by atoms with E-state index in [1.165, 1.54) is 24.5 Å². The van der Waals surface area contributed by atoms with Crippen LogP contribution >= 0.6 is 34.8 Å². The summed E-state index contributed by atoms with van der Waals surface area (Å²) < 4.78 is 0.960. The molecular weight excluding hydrogens is 379 g/mol. The maximum atomic E-state index is 11.8. The van der Waals surface area contributed by atoms with E-state index in [-0.39, 0.29) is 21.7 Å². The molecule has 11 heteroatoms. The van der Waals surface area contributed by atoms with Crippen molar-refractivity contribution in [2.45, 2.75) is 0 Å². The van der Waals surface area contributed by atoms with Crippen molar-refractivity contribution < 1.29 is 0 Å². The number of rotatable bonds is 3. The lowest BCUT2D eigenvalue weighted by atomic mass is 10.2. The van der Waals surface area contributed by atoms with Gasteiger partial charge in [-0.15, -0.1) is 0 Å². The van der Waals surface area contributed by atoms with E-state index < -0.39 is 11.2 Å². The van der Waals surface area contributed by atoms with Gasteiger partial charge in [0, 0.05) is 0 Å². The second kappa shape index (κ2) is 6.60. The van der Waals surface area contributed by atoms with Gasteiger partial charge in [0.05, 0.1) is 38.8 Å². The van der Waals surface area contributed by atoms with Gasteiger partial charge in [-0.1, -0.05) is 34.8 Å². The maximum absolute atomic E-state index is 11.8. The summed E-state index contributed by atoms with van der Waals surface area (Å²) in [6, 6.07) is 2.91. The Hall–Kier alpha value is -2.42. The monoisotopic (exact) mass is 384 g/mol. The minimum atomic E-state index is -0.712. The molecule has 3 rings (SSSR count). The largest absolute Gasteiger partial charge is 0.349 e. The number of hydrogen-bond donors (Lipinski definition) is 2. The fourth-order valence-corrected chi connectivity index (χ4v) is 2.49. The number of nitrogens with zero attached hydrogens (tertiary/aromatic N) is 4. The fourth-order valence-electron chi connectivity index (χ4n) is 1.83. The summed E-state index contributed by atoms with van der Waals surface area (Å²) in [4.78, 5) is 32.9. The van der Waals surface area contributed by atoms with E-state index in [1.807, 2.05) is 0 Å². The van der Waals surface area contributed by atoms with Crippen LogP contribution in [0.4, 0.5) is 11.6 Å². The van der Waals surface area contributed by atoms with Gasteiger partial charge in [-0.05, 0) is 12.1 Å². The fraction of sp³-hybridized carbons (Fsp3) is 0. The van der Waals surface area contributed by atoms with Crippen molar-refractivity contribution in [2.75, 3.05) is 5.32 Å². The minimum absolute atomic E-state index is 0.205. The molecule has 24 heavy (non-hydrogen) atoms. The molecule has 0 aliphatic carbocycles. The Labute approximate surface area is 149 Å². The number of H-pyrrole nitrogens is 1. The van der Waals surface area contributed by atoms with Crippen molar-refractivity contribution in [3.63, 3.8) is 0 Å². The van der Waals surface area contributed by atoms with Gasteiger partial charge in [0.15, 0.2) is 0 Å². The summed E-state index contributed by atoms with van der Waals surface area (Å²) in [5.74, 6) is 0.246. The molecule has 0 radical (unpaired) electrons. The zero-order valence-electron chi connectivity index (χ0n) is 11.6. The van der Waals surface area contributed by atoms with Crippen LogP contribution in [-0.2, 0) is 0 Å². The van der Waals surface area contributed by atoms with E-state index in [0.717, 1.165) is 10.9 Å². The molecule has 0 fully saturated rings. The highest BCUT2D eigenvalue weighted by molar-refractivity contribution is 6.39. The topological polar surface area (TPSA) is 106 Å². The van der Waals surface area contributed by atoms with Crippen LogP contribution in [0.25, 0.3) is 5.69 Å². The average molecular weight is 386 g/mol. The molecule has 0 atom stereocenters. The Morgan fingerprint density at radius 1 is 1.00 bits per heavy atom. The van der Waals surface area contributed by atoms with Crippen LogP contribution in [0.3, 0.4) is 0 Å². The zero-order chi connectivity index (χ0) is 17.3. The molecule has 0 bridgehead atoms. The van der Waals surface area contributed by atoms with Crippen molar-refractivity contribution in [1.82, 2.24) is 24.7 Å². The Kier molecular flexibility index (Phi) is 4.52. The highest BCUT2D eigenvalue weighted by Crippen LogP contribution is 2.34. The third kappa shape index (κ3) is 3.40. The number of halogens is 3. The highest BCUT2D eigenvalue weighted by atomic mass is 35.5. The van der Waals surface area contributed by atoms with E-state index in [2.05, 4.69) is 25.4 Å². The molecule has 122 valence electrons. The van der Waals surface area contributed by atoms with Crippen LogP contribution in [0.5, 0.6) is 0 Å². The average Bonchev–Trinajstić information content (AvgIpc) is 2.52. The lowest BCUT2D eigenvalue weighted by Crippen LogP contribution is -2.30. The van der Waals surface area contributed by atoms with E-state index in [1.54, 1.807) is 0 Å². The molecule has 0 aliphatic rings. The number of aromatic amines is 1. The minimum Gasteiger partial charge on any atom is -0.322 e. The molecule has 1 aromatic carbocycles. The molecule has 2 aromatic heterocycles. The quantitative estimate of drug-likeness (QED) is 0.717. The van der Waals surface area contributed by atoms with Gasteiger partial charge < -0.3 is 5.32 Å². The second-order valence-electron chi connectivity index (χ2n) is 4.49. The molecular formula is C13H7Cl3N6O2. The molecule has 2 heterocycles. The molecule has 0 unspecified atom stereocenters. The lowest BCUT2D eigenvalue weighted by Gasteiger charge is -2.11. The van der Waals surface area contributed by atoms with Gasteiger partial charge in [0.25, 0.3) is 5.56 Å².